The van der Waals surface area contributed by atoms with E-state index in [1.165, 1.54) is 4.31 Å². The van der Waals surface area contributed by atoms with Crippen LogP contribution in [0.5, 0.6) is 0 Å². The van der Waals surface area contributed by atoms with Crippen molar-refractivity contribution in [3.63, 3.8) is 0 Å². The first-order valence-corrected chi connectivity index (χ1v) is 10.2. The monoisotopic (exact) mass is 372 g/mol. The fourth-order valence-corrected chi connectivity index (χ4v) is 4.65. The largest absolute Gasteiger partial charge is 0.336 e. The Kier molecular flexibility index (Phi) is 5.16. The summed E-state index contributed by atoms with van der Waals surface area (Å²) < 4.78 is 27.2. The summed E-state index contributed by atoms with van der Waals surface area (Å²) in [7, 11) is -3.53. The van der Waals surface area contributed by atoms with Gasteiger partial charge in [-0.3, -0.25) is 4.79 Å². The van der Waals surface area contributed by atoms with Gasteiger partial charge in [0.1, 0.15) is 0 Å². The van der Waals surface area contributed by atoms with Crippen molar-refractivity contribution in [1.29, 1.82) is 0 Å². The highest BCUT2D eigenvalue weighted by Gasteiger charge is 2.30. The Bertz CT molecular complexity index is 930. The minimum absolute atomic E-state index is 0.0358. The molecule has 1 amide bonds. The molecule has 3 rings (SSSR count). The van der Waals surface area contributed by atoms with Crippen LogP contribution in [0.4, 0.5) is 0 Å². The molecule has 0 aliphatic carbocycles. The molecule has 1 saturated heterocycles. The second kappa shape index (κ2) is 7.21. The Morgan fingerprint density at radius 2 is 1.50 bits per heavy atom. The molecule has 0 N–H and O–H groups in total. The zero-order valence-corrected chi connectivity index (χ0v) is 16.2. The third-order valence-electron chi connectivity index (χ3n) is 5.02. The highest BCUT2D eigenvalue weighted by molar-refractivity contribution is 7.89. The molecular weight excluding hydrogens is 348 g/mol. The van der Waals surface area contributed by atoms with Crippen LogP contribution in [0.1, 0.15) is 27.0 Å². The molecule has 1 heterocycles. The van der Waals surface area contributed by atoms with Crippen LogP contribution in [-0.4, -0.2) is 49.7 Å². The van der Waals surface area contributed by atoms with Crippen molar-refractivity contribution in [2.45, 2.75) is 25.7 Å². The number of sulfonamides is 1. The van der Waals surface area contributed by atoms with Crippen LogP contribution in [0, 0.1) is 20.8 Å². The first kappa shape index (κ1) is 18.6. The predicted octanol–water partition coefficient (Wildman–Crippen LogP) is 2.76. The number of aryl methyl sites for hydroxylation is 3. The molecule has 0 unspecified atom stereocenters. The number of amides is 1. The fourth-order valence-electron chi connectivity index (χ4n) is 3.14. The number of rotatable bonds is 3. The van der Waals surface area contributed by atoms with Crippen LogP contribution in [0.2, 0.25) is 0 Å². The van der Waals surface area contributed by atoms with Gasteiger partial charge in [-0.2, -0.15) is 4.31 Å². The van der Waals surface area contributed by atoms with Gasteiger partial charge in [-0.15, -0.1) is 0 Å². The standard InChI is InChI=1S/C20H24N2O3S/c1-15-8-9-18(14-17(15)3)26(24,25)22-12-10-21(11-13-22)20(23)19-7-5-4-6-16(19)2/h4-9,14H,10-13H2,1-3H3. The number of hydrogen-bond donors (Lipinski definition) is 0. The summed E-state index contributed by atoms with van der Waals surface area (Å²) in [6.45, 7) is 7.21. The molecule has 6 heteroatoms. The third-order valence-corrected chi connectivity index (χ3v) is 6.91. The second-order valence-electron chi connectivity index (χ2n) is 6.76. The Hall–Kier alpha value is -2.18. The normalized spacial score (nSPS) is 15.9. The summed E-state index contributed by atoms with van der Waals surface area (Å²) in [6.07, 6.45) is 0. The Morgan fingerprint density at radius 1 is 0.846 bits per heavy atom. The average molecular weight is 372 g/mol. The first-order valence-electron chi connectivity index (χ1n) is 8.73. The van der Waals surface area contributed by atoms with E-state index in [1.807, 2.05) is 51.1 Å². The molecule has 0 aromatic heterocycles. The molecule has 0 bridgehead atoms. The quantitative estimate of drug-likeness (QED) is 0.832. The molecule has 5 nitrogen and oxygen atoms in total. The zero-order chi connectivity index (χ0) is 18.9. The number of benzene rings is 2. The highest BCUT2D eigenvalue weighted by Crippen LogP contribution is 2.21. The molecule has 1 fully saturated rings. The number of nitrogens with zero attached hydrogens (tertiary/aromatic N) is 2. The van der Waals surface area contributed by atoms with E-state index in [2.05, 4.69) is 0 Å². The van der Waals surface area contributed by atoms with Gasteiger partial charge in [0, 0.05) is 31.7 Å². The van der Waals surface area contributed by atoms with Crippen molar-refractivity contribution in [3.8, 4) is 0 Å². The molecule has 138 valence electrons. The molecule has 2 aromatic carbocycles. The van der Waals surface area contributed by atoms with Gasteiger partial charge in [-0.1, -0.05) is 24.3 Å². The number of carbonyl (C=O) groups is 1. The fraction of sp³-hybridized carbons (Fsp3) is 0.350. The third kappa shape index (κ3) is 3.52. The lowest BCUT2D eigenvalue weighted by atomic mass is 10.1. The summed E-state index contributed by atoms with van der Waals surface area (Å²) in [5.74, 6) is -0.0358. The summed E-state index contributed by atoms with van der Waals surface area (Å²) in [5.41, 5.74) is 3.64. The maximum absolute atomic E-state index is 12.9. The highest BCUT2D eigenvalue weighted by atomic mass is 32.2. The van der Waals surface area contributed by atoms with Gasteiger partial charge in [0.05, 0.1) is 4.90 Å². The van der Waals surface area contributed by atoms with E-state index in [0.29, 0.717) is 36.6 Å². The molecular formula is C20H24N2O3S. The summed E-state index contributed by atoms with van der Waals surface area (Å²) in [5, 5.41) is 0. The van der Waals surface area contributed by atoms with Crippen molar-refractivity contribution < 1.29 is 13.2 Å². The van der Waals surface area contributed by atoms with E-state index in [4.69, 9.17) is 0 Å². The Labute approximate surface area is 155 Å². The zero-order valence-electron chi connectivity index (χ0n) is 15.4. The van der Waals surface area contributed by atoms with Gasteiger partial charge in [-0.25, -0.2) is 8.42 Å². The smallest absolute Gasteiger partial charge is 0.254 e. The van der Waals surface area contributed by atoms with Crippen LogP contribution in [0.3, 0.4) is 0 Å². The Morgan fingerprint density at radius 3 is 2.12 bits per heavy atom. The molecule has 0 radical (unpaired) electrons. The molecule has 0 atom stereocenters. The van der Waals surface area contributed by atoms with Crippen molar-refractivity contribution in [2.24, 2.45) is 0 Å². The molecule has 1 aliphatic heterocycles. The van der Waals surface area contributed by atoms with Crippen molar-refractivity contribution in [3.05, 3.63) is 64.7 Å². The second-order valence-corrected chi connectivity index (χ2v) is 8.70. The van der Waals surface area contributed by atoms with Gasteiger partial charge < -0.3 is 4.90 Å². The lowest BCUT2D eigenvalue weighted by Crippen LogP contribution is -2.50. The van der Waals surface area contributed by atoms with Gasteiger partial charge in [0.25, 0.3) is 5.91 Å². The summed E-state index contributed by atoms with van der Waals surface area (Å²) in [6, 6.07) is 12.7. The maximum Gasteiger partial charge on any atom is 0.254 e. The lowest BCUT2D eigenvalue weighted by molar-refractivity contribution is 0.0697. The molecule has 26 heavy (non-hydrogen) atoms. The van der Waals surface area contributed by atoms with Crippen LogP contribution in [0.25, 0.3) is 0 Å². The van der Waals surface area contributed by atoms with E-state index < -0.39 is 10.0 Å². The molecule has 0 saturated carbocycles. The predicted molar refractivity (Wildman–Crippen MR) is 102 cm³/mol. The average Bonchev–Trinajstić information content (AvgIpc) is 2.64. The van der Waals surface area contributed by atoms with Crippen molar-refractivity contribution in [1.82, 2.24) is 9.21 Å². The van der Waals surface area contributed by atoms with E-state index in [-0.39, 0.29) is 5.91 Å². The first-order chi connectivity index (χ1) is 12.3. The van der Waals surface area contributed by atoms with Gasteiger partial charge in [0.15, 0.2) is 0 Å². The summed E-state index contributed by atoms with van der Waals surface area (Å²) >= 11 is 0. The van der Waals surface area contributed by atoms with Crippen molar-refractivity contribution in [2.75, 3.05) is 26.2 Å². The minimum Gasteiger partial charge on any atom is -0.336 e. The number of piperazine rings is 1. The maximum atomic E-state index is 12.9. The minimum atomic E-state index is -3.53. The van der Waals surface area contributed by atoms with Crippen molar-refractivity contribution >= 4 is 15.9 Å². The van der Waals surface area contributed by atoms with E-state index >= 15 is 0 Å². The summed E-state index contributed by atoms with van der Waals surface area (Å²) in [4.78, 5) is 14.7. The Balaban J connectivity index is 1.72. The topological polar surface area (TPSA) is 57.7 Å². The van der Waals surface area contributed by atoms with E-state index in [1.54, 1.807) is 17.0 Å². The van der Waals surface area contributed by atoms with Gasteiger partial charge in [-0.05, 0) is 55.7 Å². The molecule has 1 aliphatic rings. The molecule has 2 aromatic rings. The van der Waals surface area contributed by atoms with Crippen LogP contribution in [0.15, 0.2) is 47.4 Å². The van der Waals surface area contributed by atoms with Crippen LogP contribution in [-0.2, 0) is 10.0 Å². The SMILES string of the molecule is Cc1ccc(S(=O)(=O)N2CCN(C(=O)c3ccccc3C)CC2)cc1C. The van der Waals surface area contributed by atoms with Crippen LogP contribution < -0.4 is 0 Å². The number of carbonyl (C=O) groups excluding carboxylic acids is 1. The molecule has 0 spiro atoms. The van der Waals surface area contributed by atoms with Gasteiger partial charge in [0.2, 0.25) is 10.0 Å². The number of hydrogen-bond acceptors (Lipinski definition) is 3. The van der Waals surface area contributed by atoms with E-state index in [0.717, 1.165) is 16.7 Å². The lowest BCUT2D eigenvalue weighted by Gasteiger charge is -2.34. The van der Waals surface area contributed by atoms with Gasteiger partial charge >= 0.3 is 0 Å². The van der Waals surface area contributed by atoms with E-state index in [9.17, 15) is 13.2 Å². The van der Waals surface area contributed by atoms with Crippen LogP contribution >= 0.6 is 0 Å².